The summed E-state index contributed by atoms with van der Waals surface area (Å²) < 4.78 is 97.3. The number of aromatic amines is 1. The van der Waals surface area contributed by atoms with E-state index in [2.05, 4.69) is 35.3 Å². The largest absolute Gasteiger partial charge is 0.417 e. The molecule has 1 amide bonds. The lowest BCUT2D eigenvalue weighted by molar-refractivity contribution is -0.228. The van der Waals surface area contributed by atoms with Gasteiger partial charge in [0.2, 0.25) is 11.5 Å². The standard InChI is InChI=1S/C37H38F6N10O4/c1-4-52-31(55)18-45-34-35(52)49-28(17-44-34)23-7-9-27(47-21(23)3)33-46-19-51(50-33)11-12-56-13-14-57-32(37(41,42)43)29-10-5-20(2)53(29)22-6-8-26-24(15-22)25(36(38,39)40)16-30(54)48-26/h6-9,15-17,19-20,29,32H,4-5,10-14,18H2,1-3H3,(H,44,45)(H,48,54)/t20-,29+,32?/m0/s1. The van der Waals surface area contributed by atoms with Crippen molar-refractivity contribution in [3.63, 3.8) is 0 Å². The van der Waals surface area contributed by atoms with Gasteiger partial charge in [-0.25, -0.2) is 24.6 Å². The van der Waals surface area contributed by atoms with Crippen LogP contribution in [0.4, 0.5) is 43.7 Å². The fourth-order valence-corrected chi connectivity index (χ4v) is 7.31. The van der Waals surface area contributed by atoms with Gasteiger partial charge in [-0.15, -0.1) is 5.10 Å². The Balaban J connectivity index is 0.952. The molecule has 20 heteroatoms. The van der Waals surface area contributed by atoms with Crippen molar-refractivity contribution in [2.45, 2.75) is 70.7 Å². The molecule has 1 aromatic carbocycles. The molecule has 0 radical (unpaired) electrons. The molecule has 14 nitrogen and oxygen atoms in total. The minimum absolute atomic E-state index is 0.0782. The van der Waals surface area contributed by atoms with Gasteiger partial charge in [-0.3, -0.25) is 14.5 Å². The van der Waals surface area contributed by atoms with Gasteiger partial charge in [0.1, 0.15) is 12.0 Å². The van der Waals surface area contributed by atoms with Crippen molar-refractivity contribution in [1.82, 2.24) is 34.7 Å². The number of benzene rings is 1. The number of likely N-dealkylation sites (N-methyl/N-ethyl adjacent to an activating group) is 1. The molecule has 0 spiro atoms. The van der Waals surface area contributed by atoms with Gasteiger partial charge in [-0.1, -0.05) is 0 Å². The van der Waals surface area contributed by atoms with Crippen molar-refractivity contribution < 1.29 is 40.6 Å². The van der Waals surface area contributed by atoms with E-state index in [0.29, 0.717) is 59.1 Å². The van der Waals surface area contributed by atoms with Crippen molar-refractivity contribution in [3.8, 4) is 22.8 Å². The van der Waals surface area contributed by atoms with Gasteiger partial charge in [-0.05, 0) is 63.9 Å². The molecule has 0 bridgehead atoms. The fourth-order valence-electron chi connectivity index (χ4n) is 7.31. The average molecular weight is 801 g/mol. The van der Waals surface area contributed by atoms with E-state index in [9.17, 15) is 35.9 Å². The fraction of sp³-hybridized carbons (Fsp3) is 0.432. The second kappa shape index (κ2) is 15.7. The van der Waals surface area contributed by atoms with Gasteiger partial charge in [-0.2, -0.15) is 26.3 Å². The van der Waals surface area contributed by atoms with Crippen LogP contribution in [0.5, 0.6) is 0 Å². The van der Waals surface area contributed by atoms with E-state index in [-0.39, 0.29) is 55.2 Å². The van der Waals surface area contributed by atoms with Crippen LogP contribution in [0, 0.1) is 6.92 Å². The number of alkyl halides is 6. The van der Waals surface area contributed by atoms with Crippen LogP contribution < -0.4 is 20.7 Å². The number of nitrogens with zero attached hydrogens (tertiary/aromatic N) is 8. The smallest absolute Gasteiger partial charge is 0.377 e. The number of aromatic nitrogens is 7. The van der Waals surface area contributed by atoms with Crippen LogP contribution in [0.2, 0.25) is 0 Å². The molecule has 302 valence electrons. The molecule has 2 N–H and O–H groups in total. The van der Waals surface area contributed by atoms with E-state index >= 15 is 0 Å². The zero-order chi connectivity index (χ0) is 40.6. The van der Waals surface area contributed by atoms with Crippen LogP contribution in [0.25, 0.3) is 33.7 Å². The summed E-state index contributed by atoms with van der Waals surface area (Å²) in [5, 5.41) is 7.10. The first-order valence-corrected chi connectivity index (χ1v) is 18.2. The molecule has 3 atom stereocenters. The summed E-state index contributed by atoms with van der Waals surface area (Å²) in [5.74, 6) is 1.22. The topological polar surface area (TPSA) is 156 Å². The number of H-pyrrole nitrogens is 1. The molecule has 0 saturated carbocycles. The normalized spacial score (nSPS) is 17.9. The Hall–Kier alpha value is -5.63. The second-order valence-corrected chi connectivity index (χ2v) is 13.7. The monoisotopic (exact) mass is 800 g/mol. The summed E-state index contributed by atoms with van der Waals surface area (Å²) in [5.41, 5.74) is 0.357. The molecule has 4 aromatic heterocycles. The third-order valence-corrected chi connectivity index (χ3v) is 9.97. The van der Waals surface area contributed by atoms with Crippen LogP contribution in [-0.2, 0) is 27.0 Å². The summed E-state index contributed by atoms with van der Waals surface area (Å²) in [6, 6.07) is 6.19. The molecule has 7 rings (SSSR count). The Labute approximate surface area is 321 Å². The van der Waals surface area contributed by atoms with Gasteiger partial charge in [0.25, 0.3) is 0 Å². The van der Waals surface area contributed by atoms with Crippen LogP contribution in [0.1, 0.15) is 37.9 Å². The van der Waals surface area contributed by atoms with Crippen LogP contribution >= 0.6 is 0 Å². The maximum absolute atomic E-state index is 14.5. The molecule has 1 unspecified atom stereocenters. The number of pyridine rings is 2. The van der Waals surface area contributed by atoms with Crippen molar-refractivity contribution in [1.29, 1.82) is 0 Å². The Bertz CT molecular complexity index is 2330. The lowest BCUT2D eigenvalue weighted by atomic mass is 10.0. The Kier molecular flexibility index (Phi) is 10.9. The molecule has 0 aliphatic carbocycles. The number of rotatable bonds is 12. The maximum atomic E-state index is 14.5. The van der Waals surface area contributed by atoms with E-state index in [1.807, 2.05) is 19.9 Å². The van der Waals surface area contributed by atoms with Crippen molar-refractivity contribution >= 4 is 34.1 Å². The Morgan fingerprint density at radius 2 is 1.77 bits per heavy atom. The predicted molar refractivity (Wildman–Crippen MR) is 197 cm³/mol. The quantitative estimate of drug-likeness (QED) is 0.117. The molecule has 2 aliphatic rings. The highest BCUT2D eigenvalue weighted by atomic mass is 19.4. The number of carbonyl (C=O) groups is 1. The molecule has 1 fully saturated rings. The SMILES string of the molecule is CCN1C(=O)CNc2ncc(-c3ccc(-c4ncn(CCOCCOC([C@H]5CC[C@H](C)N5c5ccc6[nH]c(=O)cc(C(F)(F)F)c6c5)C(F)(F)F)n4)nc3C)nc21. The molecular weight excluding hydrogens is 762 g/mol. The third kappa shape index (κ3) is 8.27. The molecule has 6 heterocycles. The number of hydrogen-bond acceptors (Lipinski definition) is 11. The lowest BCUT2D eigenvalue weighted by Gasteiger charge is -2.36. The van der Waals surface area contributed by atoms with E-state index in [1.54, 1.807) is 24.1 Å². The first-order chi connectivity index (χ1) is 27.1. The van der Waals surface area contributed by atoms with Crippen molar-refractivity contribution in [3.05, 3.63) is 70.5 Å². The summed E-state index contributed by atoms with van der Waals surface area (Å²) in [6.07, 6.45) is -8.33. The van der Waals surface area contributed by atoms with E-state index in [0.717, 1.165) is 6.07 Å². The van der Waals surface area contributed by atoms with Crippen molar-refractivity contribution in [2.75, 3.05) is 48.0 Å². The molecular formula is C37H38F6N10O4. The minimum Gasteiger partial charge on any atom is -0.377 e. The average Bonchev–Trinajstić information content (AvgIpc) is 3.79. The van der Waals surface area contributed by atoms with Crippen LogP contribution in [-0.4, -0.2) is 97.9 Å². The molecule has 57 heavy (non-hydrogen) atoms. The molecule has 5 aromatic rings. The van der Waals surface area contributed by atoms with E-state index in [4.69, 9.17) is 9.47 Å². The zero-order valence-corrected chi connectivity index (χ0v) is 31.0. The molecule has 1 saturated heterocycles. The first kappa shape index (κ1) is 39.6. The van der Waals surface area contributed by atoms with Gasteiger partial charge in [0.15, 0.2) is 23.6 Å². The summed E-state index contributed by atoms with van der Waals surface area (Å²) in [6.45, 7) is 5.74. The van der Waals surface area contributed by atoms with Gasteiger partial charge < -0.3 is 24.7 Å². The lowest BCUT2D eigenvalue weighted by Crippen LogP contribution is -2.50. The number of fused-ring (bicyclic) bond motifs is 2. The predicted octanol–water partition coefficient (Wildman–Crippen LogP) is 5.77. The summed E-state index contributed by atoms with van der Waals surface area (Å²) in [4.78, 5) is 47.6. The number of halogens is 6. The summed E-state index contributed by atoms with van der Waals surface area (Å²) >= 11 is 0. The maximum Gasteiger partial charge on any atom is 0.417 e. The highest BCUT2D eigenvalue weighted by Crippen LogP contribution is 2.41. The first-order valence-electron chi connectivity index (χ1n) is 18.2. The number of ether oxygens (including phenoxy) is 2. The van der Waals surface area contributed by atoms with E-state index < -0.39 is 48.3 Å². The number of amides is 1. The van der Waals surface area contributed by atoms with Crippen LogP contribution in [0.3, 0.4) is 0 Å². The van der Waals surface area contributed by atoms with E-state index in [1.165, 1.54) is 28.0 Å². The van der Waals surface area contributed by atoms with Gasteiger partial charge in [0, 0.05) is 46.5 Å². The zero-order valence-electron chi connectivity index (χ0n) is 31.0. The minimum atomic E-state index is -4.85. The van der Waals surface area contributed by atoms with Gasteiger partial charge in [0.05, 0.1) is 56.4 Å². The number of carbonyl (C=O) groups excluding carboxylic acids is 1. The highest BCUT2D eigenvalue weighted by Gasteiger charge is 2.51. The third-order valence-electron chi connectivity index (χ3n) is 9.97. The van der Waals surface area contributed by atoms with Gasteiger partial charge >= 0.3 is 12.4 Å². The number of nitrogens with one attached hydrogen (secondary N) is 2. The Morgan fingerprint density at radius 3 is 2.51 bits per heavy atom. The summed E-state index contributed by atoms with van der Waals surface area (Å²) in [7, 11) is 0. The number of aryl methyl sites for hydroxylation is 1. The number of anilines is 3. The van der Waals surface area contributed by atoms with Crippen molar-refractivity contribution in [2.24, 2.45) is 0 Å². The number of hydrogen-bond donors (Lipinski definition) is 2. The van der Waals surface area contributed by atoms with Crippen LogP contribution in [0.15, 0.2) is 53.7 Å². The second-order valence-electron chi connectivity index (χ2n) is 13.7. The highest BCUT2D eigenvalue weighted by molar-refractivity contribution is 6.00. The molecule has 2 aliphatic heterocycles. The Morgan fingerprint density at radius 1 is 0.965 bits per heavy atom.